The van der Waals surface area contributed by atoms with E-state index >= 15 is 0 Å². The number of rotatable bonds is 3. The van der Waals surface area contributed by atoms with E-state index in [0.717, 1.165) is 24.4 Å². The highest BCUT2D eigenvalue weighted by molar-refractivity contribution is 5.77. The number of aryl methyl sites for hydroxylation is 1. The van der Waals surface area contributed by atoms with E-state index in [4.69, 9.17) is 0 Å². The molecule has 2 aromatic rings. The van der Waals surface area contributed by atoms with Crippen LogP contribution in [-0.2, 0) is 16.8 Å². The zero-order valence-electron chi connectivity index (χ0n) is 13.1. The van der Waals surface area contributed by atoms with E-state index in [-0.39, 0.29) is 11.3 Å². The number of carbonyl (C=O) groups excluding carboxylic acids is 1. The Hall–Kier alpha value is -2.23. The second-order valence-electron chi connectivity index (χ2n) is 6.33. The molecule has 1 aliphatic rings. The Morgan fingerprint density at radius 3 is 2.64 bits per heavy atom. The molecule has 0 spiro atoms. The number of carbonyl (C=O) groups is 1. The molecule has 0 aliphatic carbocycles. The number of amides is 1. The first kappa shape index (κ1) is 14.7. The number of aromatic nitrogens is 2. The van der Waals surface area contributed by atoms with Crippen molar-refractivity contribution >= 4 is 5.91 Å². The van der Waals surface area contributed by atoms with Gasteiger partial charge >= 0.3 is 0 Å². The van der Waals surface area contributed by atoms with Crippen LogP contribution in [0.25, 0.3) is 0 Å². The zero-order chi connectivity index (χ0) is 15.6. The van der Waals surface area contributed by atoms with Gasteiger partial charge in [-0.15, -0.1) is 0 Å². The molecular weight excluding hydrogens is 274 g/mol. The highest BCUT2D eigenvalue weighted by Crippen LogP contribution is 2.34. The molecule has 4 heteroatoms. The fraction of sp³-hybridized carbons (Fsp3) is 0.389. The quantitative estimate of drug-likeness (QED) is 0.874. The minimum atomic E-state index is 0.00724. The maximum Gasteiger partial charge on any atom is 0.222 e. The predicted octanol–water partition coefficient (Wildman–Crippen LogP) is 2.87. The lowest BCUT2D eigenvalue weighted by molar-refractivity contribution is -0.136. The Bertz CT molecular complexity index is 654. The largest absolute Gasteiger partial charge is 0.336 e. The number of nitrogens with zero attached hydrogens (tertiary/aromatic N) is 3. The summed E-state index contributed by atoms with van der Waals surface area (Å²) in [6, 6.07) is 10.5. The smallest absolute Gasteiger partial charge is 0.222 e. The van der Waals surface area contributed by atoms with Crippen LogP contribution in [0.15, 0.2) is 42.7 Å². The van der Waals surface area contributed by atoms with Gasteiger partial charge in [-0.05, 0) is 18.9 Å². The van der Waals surface area contributed by atoms with Crippen LogP contribution < -0.4 is 0 Å². The van der Waals surface area contributed by atoms with Crippen molar-refractivity contribution in [3.63, 3.8) is 0 Å². The first-order chi connectivity index (χ1) is 10.6. The molecule has 1 aliphatic heterocycles. The van der Waals surface area contributed by atoms with Gasteiger partial charge in [0.05, 0.1) is 24.1 Å². The summed E-state index contributed by atoms with van der Waals surface area (Å²) in [6.07, 6.45) is 4.99. The average Bonchev–Trinajstić information content (AvgIpc) is 2.54. The van der Waals surface area contributed by atoms with Crippen LogP contribution in [0.2, 0.25) is 0 Å². The van der Waals surface area contributed by atoms with Gasteiger partial charge in [0.1, 0.15) is 0 Å². The van der Waals surface area contributed by atoms with Gasteiger partial charge in [-0.1, -0.05) is 37.3 Å². The number of piperidine rings is 1. The lowest BCUT2D eigenvalue weighted by atomic mass is 9.75. The molecule has 1 atom stereocenters. The fourth-order valence-corrected chi connectivity index (χ4v) is 3.05. The van der Waals surface area contributed by atoms with Crippen LogP contribution in [0.5, 0.6) is 0 Å². The molecule has 0 N–H and O–H groups in total. The molecule has 114 valence electrons. The third-order valence-electron chi connectivity index (χ3n) is 4.44. The Balaban J connectivity index is 1.79. The summed E-state index contributed by atoms with van der Waals surface area (Å²) in [4.78, 5) is 22.8. The maximum atomic E-state index is 12.3. The Morgan fingerprint density at radius 1 is 1.18 bits per heavy atom. The third kappa shape index (κ3) is 3.01. The van der Waals surface area contributed by atoms with E-state index in [1.54, 1.807) is 12.4 Å². The average molecular weight is 295 g/mol. The van der Waals surface area contributed by atoms with Crippen molar-refractivity contribution in [1.29, 1.82) is 0 Å². The summed E-state index contributed by atoms with van der Waals surface area (Å²) >= 11 is 0. The molecule has 1 fully saturated rings. The number of hydrogen-bond donors (Lipinski definition) is 0. The van der Waals surface area contributed by atoms with Crippen LogP contribution in [0.4, 0.5) is 0 Å². The zero-order valence-corrected chi connectivity index (χ0v) is 13.1. The van der Waals surface area contributed by atoms with E-state index in [0.29, 0.717) is 13.0 Å². The number of benzene rings is 1. The SMILES string of the molecule is Cc1cnc(CN2C[C@](C)(c3ccccc3)CCC2=O)cn1. The first-order valence-corrected chi connectivity index (χ1v) is 7.68. The Labute approximate surface area is 131 Å². The second-order valence-corrected chi connectivity index (χ2v) is 6.33. The van der Waals surface area contributed by atoms with Crippen molar-refractivity contribution in [2.24, 2.45) is 0 Å². The standard InChI is InChI=1S/C18H21N3O/c1-14-10-20-16(11-19-14)12-21-13-18(2,9-8-17(21)22)15-6-4-3-5-7-15/h3-7,10-11H,8-9,12-13H2,1-2H3/t18-/m1/s1. The molecule has 3 rings (SSSR count). The summed E-state index contributed by atoms with van der Waals surface area (Å²) in [5.74, 6) is 0.204. The van der Waals surface area contributed by atoms with Gasteiger partial charge in [0.2, 0.25) is 5.91 Å². The Kier molecular flexibility index (Phi) is 3.92. The summed E-state index contributed by atoms with van der Waals surface area (Å²) in [7, 11) is 0. The van der Waals surface area contributed by atoms with Gasteiger partial charge in [-0.25, -0.2) is 0 Å². The third-order valence-corrected chi connectivity index (χ3v) is 4.44. The van der Waals surface area contributed by atoms with E-state index in [9.17, 15) is 4.79 Å². The van der Waals surface area contributed by atoms with E-state index in [1.807, 2.05) is 17.9 Å². The molecule has 1 saturated heterocycles. The molecule has 0 unspecified atom stereocenters. The van der Waals surface area contributed by atoms with Gasteiger partial charge in [-0.3, -0.25) is 14.8 Å². The minimum Gasteiger partial charge on any atom is -0.336 e. The molecule has 1 aromatic heterocycles. The van der Waals surface area contributed by atoms with Gasteiger partial charge in [0.25, 0.3) is 0 Å². The lowest BCUT2D eigenvalue weighted by Gasteiger charge is -2.40. The maximum absolute atomic E-state index is 12.3. The highest BCUT2D eigenvalue weighted by Gasteiger charge is 2.36. The van der Waals surface area contributed by atoms with Gasteiger partial charge in [-0.2, -0.15) is 0 Å². The summed E-state index contributed by atoms with van der Waals surface area (Å²) in [5, 5.41) is 0. The highest BCUT2D eigenvalue weighted by atomic mass is 16.2. The van der Waals surface area contributed by atoms with Crippen molar-refractivity contribution in [3.8, 4) is 0 Å². The molecule has 2 heterocycles. The summed E-state index contributed by atoms with van der Waals surface area (Å²) in [6.45, 7) is 5.41. The summed E-state index contributed by atoms with van der Waals surface area (Å²) in [5.41, 5.74) is 3.04. The lowest BCUT2D eigenvalue weighted by Crippen LogP contribution is -2.47. The van der Waals surface area contributed by atoms with E-state index < -0.39 is 0 Å². The van der Waals surface area contributed by atoms with Crippen molar-refractivity contribution in [3.05, 3.63) is 59.7 Å². The van der Waals surface area contributed by atoms with Crippen LogP contribution in [0.3, 0.4) is 0 Å². The van der Waals surface area contributed by atoms with Crippen molar-refractivity contribution in [1.82, 2.24) is 14.9 Å². The molecule has 1 aromatic carbocycles. The van der Waals surface area contributed by atoms with Crippen molar-refractivity contribution in [2.45, 2.75) is 38.6 Å². The number of hydrogen-bond acceptors (Lipinski definition) is 3. The molecule has 0 radical (unpaired) electrons. The van der Waals surface area contributed by atoms with Gasteiger partial charge < -0.3 is 4.90 Å². The molecule has 4 nitrogen and oxygen atoms in total. The molecule has 0 saturated carbocycles. The van der Waals surface area contributed by atoms with E-state index in [2.05, 4.69) is 41.2 Å². The number of likely N-dealkylation sites (tertiary alicyclic amines) is 1. The van der Waals surface area contributed by atoms with Crippen LogP contribution in [0.1, 0.15) is 36.7 Å². The fourth-order valence-electron chi connectivity index (χ4n) is 3.05. The molecule has 0 bridgehead atoms. The molecule has 1 amide bonds. The molecule has 22 heavy (non-hydrogen) atoms. The second kappa shape index (κ2) is 5.87. The predicted molar refractivity (Wildman–Crippen MR) is 85.2 cm³/mol. The summed E-state index contributed by atoms with van der Waals surface area (Å²) < 4.78 is 0. The minimum absolute atomic E-state index is 0.00724. The van der Waals surface area contributed by atoms with Crippen LogP contribution in [-0.4, -0.2) is 27.3 Å². The normalized spacial score (nSPS) is 21.9. The van der Waals surface area contributed by atoms with Crippen LogP contribution in [0, 0.1) is 6.92 Å². The Morgan fingerprint density at radius 2 is 1.95 bits per heavy atom. The van der Waals surface area contributed by atoms with E-state index in [1.165, 1.54) is 5.56 Å². The van der Waals surface area contributed by atoms with Crippen molar-refractivity contribution in [2.75, 3.05) is 6.54 Å². The van der Waals surface area contributed by atoms with Gasteiger partial charge in [0, 0.05) is 24.6 Å². The first-order valence-electron chi connectivity index (χ1n) is 7.68. The van der Waals surface area contributed by atoms with Gasteiger partial charge in [0.15, 0.2) is 0 Å². The topological polar surface area (TPSA) is 46.1 Å². The van der Waals surface area contributed by atoms with Crippen molar-refractivity contribution < 1.29 is 4.79 Å². The molecular formula is C18H21N3O. The monoisotopic (exact) mass is 295 g/mol. The van der Waals surface area contributed by atoms with Crippen LogP contribution >= 0.6 is 0 Å².